The number of rotatable bonds is 3. The molecule has 0 aliphatic heterocycles. The summed E-state index contributed by atoms with van der Waals surface area (Å²) in [5.74, 6) is 0.834. The zero-order valence-electron chi connectivity index (χ0n) is 9.40. The van der Waals surface area contributed by atoms with Gasteiger partial charge < -0.3 is 10.8 Å². The minimum absolute atomic E-state index is 0.0302. The number of nitrogens with two attached hydrogens (primary N) is 1. The summed E-state index contributed by atoms with van der Waals surface area (Å²) in [4.78, 5) is 0. The van der Waals surface area contributed by atoms with E-state index in [0.717, 1.165) is 0 Å². The van der Waals surface area contributed by atoms with Crippen LogP contribution in [-0.4, -0.2) is 18.3 Å². The molecular weight excluding hydrogens is 186 g/mol. The van der Waals surface area contributed by atoms with Crippen molar-refractivity contribution < 1.29 is 5.11 Å². The molecule has 1 aromatic carbocycles. The molecule has 1 aliphatic carbocycles. The standard InChI is InChI=1S/C13H19NO/c1-9-3-5-11(6-4-9)13(8-14)10(2)12(13)7-15/h3-6,10,12,15H,7-8,14H2,1-2H3/t10-,12+,13-/m1/s1. The molecule has 3 atom stereocenters. The van der Waals surface area contributed by atoms with Gasteiger partial charge in [0.05, 0.1) is 0 Å². The fraction of sp³-hybridized carbons (Fsp3) is 0.538. The van der Waals surface area contributed by atoms with Crippen LogP contribution in [0, 0.1) is 18.8 Å². The van der Waals surface area contributed by atoms with Crippen LogP contribution in [0.3, 0.4) is 0 Å². The Morgan fingerprint density at radius 1 is 1.33 bits per heavy atom. The van der Waals surface area contributed by atoms with Crippen LogP contribution in [0.25, 0.3) is 0 Å². The minimum atomic E-state index is 0.0302. The fourth-order valence-corrected chi connectivity index (χ4v) is 2.84. The highest BCUT2D eigenvalue weighted by molar-refractivity contribution is 5.38. The quantitative estimate of drug-likeness (QED) is 0.784. The van der Waals surface area contributed by atoms with E-state index < -0.39 is 0 Å². The second-order valence-corrected chi connectivity index (χ2v) is 4.69. The third-order valence-corrected chi connectivity index (χ3v) is 4.09. The van der Waals surface area contributed by atoms with Crippen LogP contribution in [0.2, 0.25) is 0 Å². The molecule has 0 amide bonds. The van der Waals surface area contributed by atoms with Crippen molar-refractivity contribution >= 4 is 0 Å². The summed E-state index contributed by atoms with van der Waals surface area (Å²) in [6.45, 7) is 5.13. The smallest absolute Gasteiger partial charge is 0.0471 e. The third-order valence-electron chi connectivity index (χ3n) is 4.09. The van der Waals surface area contributed by atoms with Crippen molar-refractivity contribution in [3.05, 3.63) is 35.4 Å². The lowest BCUT2D eigenvalue weighted by Gasteiger charge is -2.16. The van der Waals surface area contributed by atoms with E-state index in [1.165, 1.54) is 11.1 Å². The monoisotopic (exact) mass is 205 g/mol. The summed E-state index contributed by atoms with van der Waals surface area (Å²) in [7, 11) is 0. The molecule has 15 heavy (non-hydrogen) atoms. The number of aryl methyl sites for hydroxylation is 1. The van der Waals surface area contributed by atoms with Crippen LogP contribution in [0.15, 0.2) is 24.3 Å². The van der Waals surface area contributed by atoms with E-state index in [4.69, 9.17) is 5.73 Å². The number of hydrogen-bond donors (Lipinski definition) is 2. The van der Waals surface area contributed by atoms with Gasteiger partial charge in [0.2, 0.25) is 0 Å². The Morgan fingerprint density at radius 2 is 1.93 bits per heavy atom. The highest BCUT2D eigenvalue weighted by Crippen LogP contribution is 2.58. The highest BCUT2D eigenvalue weighted by Gasteiger charge is 2.61. The zero-order chi connectivity index (χ0) is 11.1. The lowest BCUT2D eigenvalue weighted by molar-refractivity contribution is 0.261. The maximum Gasteiger partial charge on any atom is 0.0471 e. The van der Waals surface area contributed by atoms with Crippen LogP contribution < -0.4 is 5.73 Å². The lowest BCUT2D eigenvalue weighted by Crippen LogP contribution is -2.24. The van der Waals surface area contributed by atoms with E-state index in [1.807, 2.05) is 0 Å². The van der Waals surface area contributed by atoms with E-state index in [-0.39, 0.29) is 12.0 Å². The van der Waals surface area contributed by atoms with Gasteiger partial charge in [0, 0.05) is 18.6 Å². The van der Waals surface area contributed by atoms with Gasteiger partial charge >= 0.3 is 0 Å². The van der Waals surface area contributed by atoms with Crippen molar-refractivity contribution in [2.75, 3.05) is 13.2 Å². The summed E-state index contributed by atoms with van der Waals surface area (Å²) in [6, 6.07) is 8.53. The summed E-state index contributed by atoms with van der Waals surface area (Å²) >= 11 is 0. The van der Waals surface area contributed by atoms with E-state index in [0.29, 0.717) is 18.4 Å². The molecule has 1 fully saturated rings. The van der Waals surface area contributed by atoms with E-state index in [2.05, 4.69) is 38.1 Å². The summed E-state index contributed by atoms with van der Waals surface area (Å²) < 4.78 is 0. The van der Waals surface area contributed by atoms with Gasteiger partial charge in [0.1, 0.15) is 0 Å². The average molecular weight is 205 g/mol. The molecule has 0 saturated heterocycles. The van der Waals surface area contributed by atoms with Crippen molar-refractivity contribution in [2.24, 2.45) is 17.6 Å². The molecule has 82 valence electrons. The number of hydrogen-bond acceptors (Lipinski definition) is 2. The van der Waals surface area contributed by atoms with Crippen molar-refractivity contribution in [3.63, 3.8) is 0 Å². The summed E-state index contributed by atoms with van der Waals surface area (Å²) in [5.41, 5.74) is 8.46. The Hall–Kier alpha value is -0.860. The minimum Gasteiger partial charge on any atom is -0.396 e. The first-order chi connectivity index (χ1) is 7.16. The second kappa shape index (κ2) is 3.62. The molecule has 3 N–H and O–H groups in total. The maximum atomic E-state index is 9.30. The average Bonchev–Trinajstić information content (AvgIpc) is 2.85. The van der Waals surface area contributed by atoms with Crippen LogP contribution in [0.1, 0.15) is 18.1 Å². The van der Waals surface area contributed by atoms with Gasteiger partial charge in [0.15, 0.2) is 0 Å². The topological polar surface area (TPSA) is 46.2 Å². The SMILES string of the molecule is Cc1ccc([C@@]2(CN)[C@H](C)[C@@H]2CO)cc1. The van der Waals surface area contributed by atoms with Gasteiger partial charge in [-0.2, -0.15) is 0 Å². The van der Waals surface area contributed by atoms with Crippen molar-refractivity contribution in [1.29, 1.82) is 0 Å². The van der Waals surface area contributed by atoms with Crippen LogP contribution >= 0.6 is 0 Å². The largest absolute Gasteiger partial charge is 0.396 e. The first kappa shape index (κ1) is 10.7. The molecule has 1 saturated carbocycles. The van der Waals surface area contributed by atoms with Crippen LogP contribution in [0.4, 0.5) is 0 Å². The van der Waals surface area contributed by atoms with E-state index in [9.17, 15) is 5.11 Å². The Balaban J connectivity index is 2.33. The van der Waals surface area contributed by atoms with Gasteiger partial charge in [-0.1, -0.05) is 36.8 Å². The summed E-state index contributed by atoms with van der Waals surface area (Å²) in [6.07, 6.45) is 0. The molecule has 2 rings (SSSR count). The molecule has 1 aliphatic rings. The molecule has 0 radical (unpaired) electrons. The molecule has 0 spiro atoms. The van der Waals surface area contributed by atoms with E-state index in [1.54, 1.807) is 0 Å². The predicted octanol–water partition coefficient (Wildman–Crippen LogP) is 1.45. The number of benzene rings is 1. The Kier molecular flexibility index (Phi) is 2.57. The van der Waals surface area contributed by atoms with Gasteiger partial charge in [-0.25, -0.2) is 0 Å². The molecule has 0 aromatic heterocycles. The Bertz CT molecular complexity index is 346. The van der Waals surface area contributed by atoms with Gasteiger partial charge in [0.25, 0.3) is 0 Å². The second-order valence-electron chi connectivity index (χ2n) is 4.69. The Labute approximate surface area is 91.1 Å². The lowest BCUT2D eigenvalue weighted by atomic mass is 9.91. The predicted molar refractivity (Wildman–Crippen MR) is 61.7 cm³/mol. The van der Waals surface area contributed by atoms with Crippen molar-refractivity contribution in [1.82, 2.24) is 0 Å². The number of aliphatic hydroxyl groups is 1. The normalized spacial score (nSPS) is 34.1. The molecule has 0 bridgehead atoms. The Morgan fingerprint density at radius 3 is 2.33 bits per heavy atom. The molecular formula is C13H19NO. The van der Waals surface area contributed by atoms with Crippen LogP contribution in [-0.2, 0) is 5.41 Å². The molecule has 0 unspecified atom stereocenters. The molecule has 2 nitrogen and oxygen atoms in total. The maximum absolute atomic E-state index is 9.30. The first-order valence-corrected chi connectivity index (χ1v) is 5.55. The van der Waals surface area contributed by atoms with Crippen LogP contribution in [0.5, 0.6) is 0 Å². The van der Waals surface area contributed by atoms with Crippen molar-refractivity contribution in [3.8, 4) is 0 Å². The highest BCUT2D eigenvalue weighted by atomic mass is 16.3. The third kappa shape index (κ3) is 1.40. The van der Waals surface area contributed by atoms with Gasteiger partial charge in [-0.3, -0.25) is 0 Å². The summed E-state index contributed by atoms with van der Waals surface area (Å²) in [5, 5.41) is 9.30. The number of aliphatic hydroxyl groups excluding tert-OH is 1. The van der Waals surface area contributed by atoms with Crippen molar-refractivity contribution in [2.45, 2.75) is 19.3 Å². The van der Waals surface area contributed by atoms with Gasteiger partial charge in [-0.15, -0.1) is 0 Å². The zero-order valence-corrected chi connectivity index (χ0v) is 9.40. The van der Waals surface area contributed by atoms with E-state index >= 15 is 0 Å². The fourth-order valence-electron chi connectivity index (χ4n) is 2.84. The first-order valence-electron chi connectivity index (χ1n) is 5.55. The molecule has 0 heterocycles. The van der Waals surface area contributed by atoms with Gasteiger partial charge in [-0.05, 0) is 24.3 Å². The molecule has 1 aromatic rings. The molecule has 2 heteroatoms.